The number of hydrogen-bond acceptors (Lipinski definition) is 1. The van der Waals surface area contributed by atoms with Gasteiger partial charge in [-0.15, -0.1) is 0 Å². The fourth-order valence-corrected chi connectivity index (χ4v) is 0.956. The van der Waals surface area contributed by atoms with Crippen LogP contribution in [0.1, 0.15) is 33.6 Å². The zero-order valence-electron chi connectivity index (χ0n) is 8.71. The Balaban J connectivity index is 3.99. The van der Waals surface area contributed by atoms with Crippen LogP contribution < -0.4 is 5.73 Å². The molecule has 0 aliphatic rings. The molecule has 0 bridgehead atoms. The lowest BCUT2D eigenvalue weighted by atomic mass is 9.87. The predicted molar refractivity (Wildman–Crippen MR) is 56.2 cm³/mol. The minimum absolute atomic E-state index is 0.0501. The van der Waals surface area contributed by atoms with Gasteiger partial charge in [0.2, 0.25) is 5.91 Å². The van der Waals surface area contributed by atoms with Crippen molar-refractivity contribution >= 4 is 5.91 Å². The highest BCUT2D eigenvalue weighted by Crippen LogP contribution is 2.23. The van der Waals surface area contributed by atoms with Crippen molar-refractivity contribution in [2.24, 2.45) is 11.1 Å². The Hall–Kier alpha value is -1.05. The first-order valence-corrected chi connectivity index (χ1v) is 4.57. The number of allylic oxidation sites excluding steroid dienone is 4. The Kier molecular flexibility index (Phi) is 5.12. The summed E-state index contributed by atoms with van der Waals surface area (Å²) in [4.78, 5) is 10.6. The normalized spacial score (nSPS) is 12.8. The largest absolute Gasteiger partial charge is 0.370 e. The summed E-state index contributed by atoms with van der Waals surface area (Å²) in [7, 11) is 0. The van der Waals surface area contributed by atoms with Gasteiger partial charge >= 0.3 is 0 Å². The third-order valence-corrected chi connectivity index (χ3v) is 1.87. The molecule has 0 spiro atoms. The average molecular weight is 181 g/mol. The smallest absolute Gasteiger partial charge is 0.217 e. The molecule has 74 valence electrons. The van der Waals surface area contributed by atoms with E-state index >= 15 is 0 Å². The summed E-state index contributed by atoms with van der Waals surface area (Å²) in [5, 5.41) is 0. The van der Waals surface area contributed by atoms with Gasteiger partial charge in [0.05, 0.1) is 0 Å². The van der Waals surface area contributed by atoms with Crippen molar-refractivity contribution in [3.8, 4) is 0 Å². The summed E-state index contributed by atoms with van der Waals surface area (Å²) in [6, 6.07) is 0. The lowest BCUT2D eigenvalue weighted by Crippen LogP contribution is -2.15. The minimum atomic E-state index is -0.229. The molecule has 0 radical (unpaired) electrons. The lowest BCUT2D eigenvalue weighted by Gasteiger charge is -2.18. The monoisotopic (exact) mass is 181 g/mol. The molecule has 0 fully saturated rings. The van der Waals surface area contributed by atoms with E-state index in [1.165, 1.54) is 0 Å². The van der Waals surface area contributed by atoms with Crippen LogP contribution >= 0.6 is 0 Å². The van der Waals surface area contributed by atoms with Crippen LogP contribution in [0.3, 0.4) is 0 Å². The summed E-state index contributed by atoms with van der Waals surface area (Å²) in [5.74, 6) is -0.229. The molecular weight excluding hydrogens is 162 g/mol. The predicted octanol–water partition coefficient (Wildman–Crippen LogP) is 2.41. The van der Waals surface area contributed by atoms with Crippen molar-refractivity contribution in [1.29, 1.82) is 0 Å². The molecule has 2 N–H and O–H groups in total. The van der Waals surface area contributed by atoms with Crippen LogP contribution in [0.25, 0.3) is 0 Å². The highest BCUT2D eigenvalue weighted by atomic mass is 16.1. The van der Waals surface area contributed by atoms with Crippen LogP contribution in [0.2, 0.25) is 0 Å². The topological polar surface area (TPSA) is 43.1 Å². The molecule has 13 heavy (non-hydrogen) atoms. The SMILES string of the molecule is CC=CC=CC(C)(C)CCC(N)=O. The number of carbonyl (C=O) groups excluding carboxylic acids is 1. The lowest BCUT2D eigenvalue weighted by molar-refractivity contribution is -0.118. The van der Waals surface area contributed by atoms with Crippen LogP contribution in [-0.2, 0) is 4.79 Å². The van der Waals surface area contributed by atoms with Gasteiger partial charge < -0.3 is 5.73 Å². The Morgan fingerprint density at radius 2 is 2.00 bits per heavy atom. The quantitative estimate of drug-likeness (QED) is 0.650. The Labute approximate surface area is 80.5 Å². The van der Waals surface area contributed by atoms with Gasteiger partial charge in [0.15, 0.2) is 0 Å². The molecule has 1 amide bonds. The Morgan fingerprint density at radius 1 is 1.38 bits per heavy atom. The van der Waals surface area contributed by atoms with Crippen LogP contribution in [0.15, 0.2) is 24.3 Å². The maximum atomic E-state index is 10.6. The molecule has 0 atom stereocenters. The number of hydrogen-bond donors (Lipinski definition) is 1. The highest BCUT2D eigenvalue weighted by molar-refractivity contribution is 5.73. The van der Waals surface area contributed by atoms with E-state index in [-0.39, 0.29) is 11.3 Å². The summed E-state index contributed by atoms with van der Waals surface area (Å²) in [6.45, 7) is 6.16. The molecule has 0 aliphatic heterocycles. The summed E-state index contributed by atoms with van der Waals surface area (Å²) in [5.41, 5.74) is 5.13. The number of nitrogens with two attached hydrogens (primary N) is 1. The van der Waals surface area contributed by atoms with Crippen molar-refractivity contribution < 1.29 is 4.79 Å². The molecule has 0 rings (SSSR count). The highest BCUT2D eigenvalue weighted by Gasteiger charge is 2.13. The summed E-state index contributed by atoms with van der Waals surface area (Å²) < 4.78 is 0. The zero-order valence-corrected chi connectivity index (χ0v) is 8.71. The van der Waals surface area contributed by atoms with E-state index in [1.54, 1.807) is 0 Å². The number of primary amides is 1. The molecule has 0 saturated carbocycles. The van der Waals surface area contributed by atoms with Crippen LogP contribution in [-0.4, -0.2) is 5.91 Å². The maximum absolute atomic E-state index is 10.6. The van der Waals surface area contributed by atoms with E-state index in [4.69, 9.17) is 5.73 Å². The molecule has 0 heterocycles. The minimum Gasteiger partial charge on any atom is -0.370 e. The molecule has 0 aromatic carbocycles. The van der Waals surface area contributed by atoms with Gasteiger partial charge in [-0.2, -0.15) is 0 Å². The first-order chi connectivity index (χ1) is 5.98. The number of amides is 1. The first kappa shape index (κ1) is 11.9. The summed E-state index contributed by atoms with van der Waals surface area (Å²) in [6.07, 6.45) is 9.30. The summed E-state index contributed by atoms with van der Waals surface area (Å²) >= 11 is 0. The second kappa shape index (κ2) is 5.57. The third kappa shape index (κ3) is 7.32. The van der Waals surface area contributed by atoms with Gasteiger partial charge in [-0.05, 0) is 18.8 Å². The molecule has 0 aromatic rings. The van der Waals surface area contributed by atoms with Crippen LogP contribution in [0.4, 0.5) is 0 Å². The van der Waals surface area contributed by atoms with Crippen molar-refractivity contribution in [3.05, 3.63) is 24.3 Å². The van der Waals surface area contributed by atoms with Crippen molar-refractivity contribution in [3.63, 3.8) is 0 Å². The molecular formula is C11H19NO. The molecule has 0 saturated heterocycles. The standard InChI is InChI=1S/C11H19NO/c1-4-5-6-8-11(2,3)9-7-10(12)13/h4-6,8H,7,9H2,1-3H3,(H2,12,13). The van der Waals surface area contributed by atoms with E-state index in [0.717, 1.165) is 6.42 Å². The Morgan fingerprint density at radius 3 is 2.46 bits per heavy atom. The van der Waals surface area contributed by atoms with Gasteiger partial charge in [-0.1, -0.05) is 38.2 Å². The van der Waals surface area contributed by atoms with Gasteiger partial charge in [-0.3, -0.25) is 4.79 Å². The van der Waals surface area contributed by atoms with E-state index in [1.807, 2.05) is 25.2 Å². The van der Waals surface area contributed by atoms with Gasteiger partial charge in [0.1, 0.15) is 0 Å². The molecule has 0 aliphatic carbocycles. The number of rotatable bonds is 5. The van der Waals surface area contributed by atoms with Crippen molar-refractivity contribution in [2.75, 3.05) is 0 Å². The fourth-order valence-electron chi connectivity index (χ4n) is 0.956. The van der Waals surface area contributed by atoms with Gasteiger partial charge in [0, 0.05) is 6.42 Å². The second-order valence-corrected chi connectivity index (χ2v) is 3.84. The molecule has 2 heteroatoms. The second-order valence-electron chi connectivity index (χ2n) is 3.84. The third-order valence-electron chi connectivity index (χ3n) is 1.87. The molecule has 0 aromatic heterocycles. The number of carbonyl (C=O) groups is 1. The van der Waals surface area contributed by atoms with Crippen LogP contribution in [0, 0.1) is 5.41 Å². The Bertz CT molecular complexity index is 214. The van der Waals surface area contributed by atoms with E-state index < -0.39 is 0 Å². The fraction of sp³-hybridized carbons (Fsp3) is 0.545. The van der Waals surface area contributed by atoms with E-state index in [0.29, 0.717) is 6.42 Å². The average Bonchev–Trinajstić information content (AvgIpc) is 2.02. The van der Waals surface area contributed by atoms with Crippen molar-refractivity contribution in [2.45, 2.75) is 33.6 Å². The zero-order chi connectivity index (χ0) is 10.3. The van der Waals surface area contributed by atoms with Gasteiger partial charge in [0.25, 0.3) is 0 Å². The van der Waals surface area contributed by atoms with E-state index in [9.17, 15) is 4.79 Å². The van der Waals surface area contributed by atoms with Crippen molar-refractivity contribution in [1.82, 2.24) is 0 Å². The molecule has 2 nitrogen and oxygen atoms in total. The molecule has 0 unspecified atom stereocenters. The first-order valence-electron chi connectivity index (χ1n) is 4.57. The maximum Gasteiger partial charge on any atom is 0.217 e. The van der Waals surface area contributed by atoms with Crippen LogP contribution in [0.5, 0.6) is 0 Å². The van der Waals surface area contributed by atoms with E-state index in [2.05, 4.69) is 19.9 Å². The van der Waals surface area contributed by atoms with Gasteiger partial charge in [-0.25, -0.2) is 0 Å².